The van der Waals surface area contributed by atoms with Crippen molar-refractivity contribution in [2.24, 2.45) is 11.3 Å². The molecule has 82 valence electrons. The zero-order valence-corrected chi connectivity index (χ0v) is 9.21. The maximum absolute atomic E-state index is 11.6. The Balaban J connectivity index is 2.36. The van der Waals surface area contributed by atoms with E-state index in [0.717, 1.165) is 0 Å². The minimum Gasteiger partial charge on any atom is -0.468 e. The molecule has 1 aliphatic carbocycles. The summed E-state index contributed by atoms with van der Waals surface area (Å²) in [4.78, 5) is 23.0. The van der Waals surface area contributed by atoms with Crippen molar-refractivity contribution in [3.05, 3.63) is 11.1 Å². The van der Waals surface area contributed by atoms with E-state index < -0.39 is 17.4 Å². The van der Waals surface area contributed by atoms with Crippen LogP contribution in [0.2, 0.25) is 0 Å². The van der Waals surface area contributed by atoms with Crippen LogP contribution < -0.4 is 0 Å². The van der Waals surface area contributed by atoms with E-state index in [1.54, 1.807) is 13.0 Å². The summed E-state index contributed by atoms with van der Waals surface area (Å²) in [6, 6.07) is 0. The van der Waals surface area contributed by atoms with Crippen LogP contribution in [-0.2, 0) is 19.1 Å². The van der Waals surface area contributed by atoms with Crippen molar-refractivity contribution < 1.29 is 19.1 Å². The normalized spacial score (nSPS) is 38.3. The molecule has 0 unspecified atom stereocenters. The van der Waals surface area contributed by atoms with Gasteiger partial charge in [0.25, 0.3) is 0 Å². The predicted molar refractivity (Wildman–Crippen MR) is 52.0 cm³/mol. The summed E-state index contributed by atoms with van der Waals surface area (Å²) in [6.07, 6.45) is 1.38. The highest BCUT2D eigenvalue weighted by molar-refractivity contribution is 6.31. The molecular weight excluding hydrogens is 220 g/mol. The summed E-state index contributed by atoms with van der Waals surface area (Å²) in [6.45, 7) is 1.72. The number of methoxy groups -OCH3 is 1. The smallest absolute Gasteiger partial charge is 0.315 e. The highest BCUT2D eigenvalue weighted by atomic mass is 35.5. The van der Waals surface area contributed by atoms with Crippen molar-refractivity contribution in [3.63, 3.8) is 0 Å². The Morgan fingerprint density at radius 1 is 1.73 bits per heavy atom. The van der Waals surface area contributed by atoms with E-state index in [0.29, 0.717) is 11.5 Å². The number of halogens is 1. The number of ether oxygens (including phenoxy) is 2. The third-order valence-corrected chi connectivity index (χ3v) is 3.47. The number of carbonyl (C=O) groups is 2. The SMILES string of the molecule is COC(=O)[C@@]1(C)C[C@@H]2C(=O)O[C@H]1C=C2Cl. The molecule has 1 fully saturated rings. The summed E-state index contributed by atoms with van der Waals surface area (Å²) in [5, 5.41) is 0.470. The van der Waals surface area contributed by atoms with Gasteiger partial charge < -0.3 is 9.47 Å². The van der Waals surface area contributed by atoms with Gasteiger partial charge in [0.15, 0.2) is 0 Å². The first-order valence-corrected chi connectivity index (χ1v) is 5.03. The lowest BCUT2D eigenvalue weighted by molar-refractivity contribution is -0.181. The number of rotatable bonds is 1. The molecule has 0 radical (unpaired) electrons. The van der Waals surface area contributed by atoms with Crippen LogP contribution >= 0.6 is 11.6 Å². The molecule has 0 aromatic carbocycles. The summed E-state index contributed by atoms with van der Waals surface area (Å²) >= 11 is 5.89. The van der Waals surface area contributed by atoms with Crippen molar-refractivity contribution in [3.8, 4) is 0 Å². The van der Waals surface area contributed by atoms with E-state index in [2.05, 4.69) is 0 Å². The van der Waals surface area contributed by atoms with Gasteiger partial charge in [0.2, 0.25) is 0 Å². The second kappa shape index (κ2) is 3.23. The quantitative estimate of drug-likeness (QED) is 0.636. The molecule has 0 aromatic rings. The van der Waals surface area contributed by atoms with Gasteiger partial charge in [-0.15, -0.1) is 0 Å². The van der Waals surface area contributed by atoms with Crippen molar-refractivity contribution in [2.75, 3.05) is 7.11 Å². The van der Waals surface area contributed by atoms with Gasteiger partial charge in [-0.2, -0.15) is 0 Å². The predicted octanol–water partition coefficient (Wildman–Crippen LogP) is 1.23. The van der Waals surface area contributed by atoms with Gasteiger partial charge in [0.1, 0.15) is 11.5 Å². The van der Waals surface area contributed by atoms with Crippen LogP contribution in [0, 0.1) is 11.3 Å². The van der Waals surface area contributed by atoms with E-state index in [9.17, 15) is 9.59 Å². The lowest BCUT2D eigenvalue weighted by Crippen LogP contribution is -2.52. The Hall–Kier alpha value is -1.03. The number of esters is 2. The maximum atomic E-state index is 11.6. The largest absolute Gasteiger partial charge is 0.468 e. The molecular formula is C10H11ClO4. The molecule has 0 amide bonds. The Morgan fingerprint density at radius 3 is 2.87 bits per heavy atom. The van der Waals surface area contributed by atoms with Crippen LogP contribution in [0.5, 0.6) is 0 Å². The first-order chi connectivity index (χ1) is 6.99. The Labute approximate surface area is 92.2 Å². The molecule has 3 atom stereocenters. The number of hydrogen-bond acceptors (Lipinski definition) is 4. The molecule has 2 bridgehead atoms. The fourth-order valence-electron chi connectivity index (χ4n) is 2.08. The Bertz CT molecular complexity index is 362. The van der Waals surface area contributed by atoms with Gasteiger partial charge in [0, 0.05) is 5.03 Å². The third kappa shape index (κ3) is 1.35. The first-order valence-electron chi connectivity index (χ1n) is 4.65. The van der Waals surface area contributed by atoms with Crippen molar-refractivity contribution >= 4 is 23.5 Å². The van der Waals surface area contributed by atoms with Crippen LogP contribution in [-0.4, -0.2) is 25.2 Å². The fourth-order valence-corrected chi connectivity index (χ4v) is 2.36. The van der Waals surface area contributed by atoms with Crippen LogP contribution in [0.4, 0.5) is 0 Å². The summed E-state index contributed by atoms with van der Waals surface area (Å²) < 4.78 is 9.81. The molecule has 4 nitrogen and oxygen atoms in total. The van der Waals surface area contributed by atoms with E-state index in [1.807, 2.05) is 0 Å². The lowest BCUT2D eigenvalue weighted by Gasteiger charge is -2.43. The summed E-state index contributed by atoms with van der Waals surface area (Å²) in [5.41, 5.74) is -0.800. The topological polar surface area (TPSA) is 52.6 Å². The van der Waals surface area contributed by atoms with E-state index in [4.69, 9.17) is 21.1 Å². The second-order valence-corrected chi connectivity index (χ2v) is 4.51. The number of fused-ring (bicyclic) bond motifs is 2. The standard InChI is InChI=1S/C10H11ClO4/c1-10(9(13)14-2)4-5-6(11)3-7(10)15-8(5)12/h3,5,7H,4H2,1-2H3/t5-,7-,10-/m0/s1. The third-order valence-electron chi connectivity index (χ3n) is 3.08. The molecule has 3 rings (SSSR count). The molecule has 15 heavy (non-hydrogen) atoms. The van der Waals surface area contributed by atoms with Crippen molar-refractivity contribution in [2.45, 2.75) is 19.4 Å². The van der Waals surface area contributed by atoms with E-state index in [1.165, 1.54) is 7.11 Å². The van der Waals surface area contributed by atoms with Gasteiger partial charge in [-0.25, -0.2) is 0 Å². The molecule has 3 aliphatic rings. The average Bonchev–Trinajstić information content (AvgIpc) is 2.20. The van der Waals surface area contributed by atoms with Gasteiger partial charge in [0.05, 0.1) is 13.0 Å². The van der Waals surface area contributed by atoms with Crippen molar-refractivity contribution in [1.29, 1.82) is 0 Å². The minimum absolute atomic E-state index is 0.353. The van der Waals surface area contributed by atoms with Gasteiger partial charge in [-0.3, -0.25) is 9.59 Å². The van der Waals surface area contributed by atoms with Gasteiger partial charge >= 0.3 is 11.9 Å². The molecule has 2 heterocycles. The van der Waals surface area contributed by atoms with E-state index in [-0.39, 0.29) is 11.9 Å². The number of hydrogen-bond donors (Lipinski definition) is 0. The zero-order chi connectivity index (χ0) is 11.2. The highest BCUT2D eigenvalue weighted by Gasteiger charge is 2.55. The highest BCUT2D eigenvalue weighted by Crippen LogP contribution is 2.47. The maximum Gasteiger partial charge on any atom is 0.315 e. The summed E-state index contributed by atoms with van der Waals surface area (Å²) in [7, 11) is 1.32. The van der Waals surface area contributed by atoms with Gasteiger partial charge in [-0.05, 0) is 19.4 Å². The molecule has 5 heteroatoms. The van der Waals surface area contributed by atoms with Crippen LogP contribution in [0.3, 0.4) is 0 Å². The first kappa shape index (κ1) is 10.5. The molecule has 0 saturated carbocycles. The lowest BCUT2D eigenvalue weighted by atomic mass is 9.70. The zero-order valence-electron chi connectivity index (χ0n) is 8.45. The monoisotopic (exact) mass is 230 g/mol. The Kier molecular flexibility index (Phi) is 2.26. The Morgan fingerprint density at radius 2 is 2.40 bits per heavy atom. The molecule has 0 aromatic heterocycles. The van der Waals surface area contributed by atoms with Crippen LogP contribution in [0.25, 0.3) is 0 Å². The second-order valence-electron chi connectivity index (χ2n) is 4.07. The molecule has 2 aliphatic heterocycles. The molecule has 0 spiro atoms. The number of carbonyl (C=O) groups excluding carboxylic acids is 2. The molecule has 0 N–H and O–H groups in total. The minimum atomic E-state index is -0.800. The van der Waals surface area contributed by atoms with Crippen LogP contribution in [0.1, 0.15) is 13.3 Å². The van der Waals surface area contributed by atoms with Crippen LogP contribution in [0.15, 0.2) is 11.1 Å². The van der Waals surface area contributed by atoms with Gasteiger partial charge in [-0.1, -0.05) is 11.6 Å². The van der Waals surface area contributed by atoms with E-state index >= 15 is 0 Å². The summed E-state index contributed by atoms with van der Waals surface area (Å²) in [5.74, 6) is -1.24. The fraction of sp³-hybridized carbons (Fsp3) is 0.600. The van der Waals surface area contributed by atoms with Crippen molar-refractivity contribution in [1.82, 2.24) is 0 Å². The average molecular weight is 231 g/mol. The molecule has 1 saturated heterocycles.